The largest absolute Gasteiger partial charge is 0.392 e. The summed E-state index contributed by atoms with van der Waals surface area (Å²) in [7, 11) is 0. The van der Waals surface area contributed by atoms with Gasteiger partial charge in [-0.1, -0.05) is 54.6 Å². The monoisotopic (exact) mass is 619 g/mol. The Morgan fingerprint density at radius 1 is 1.09 bits per heavy atom. The first-order chi connectivity index (χ1) is 21.1. The molecular formula is C34H45N5O4S. The summed E-state index contributed by atoms with van der Waals surface area (Å²) in [6.45, 7) is 8.84. The molecule has 1 aromatic heterocycles. The van der Waals surface area contributed by atoms with Crippen molar-refractivity contribution in [3.05, 3.63) is 87.9 Å². The van der Waals surface area contributed by atoms with E-state index in [0.29, 0.717) is 25.9 Å². The average Bonchev–Trinajstić information content (AvgIpc) is 3.60. The number of amides is 2. The van der Waals surface area contributed by atoms with Crippen molar-refractivity contribution in [3.63, 3.8) is 0 Å². The van der Waals surface area contributed by atoms with Crippen LogP contribution in [-0.2, 0) is 29.0 Å². The van der Waals surface area contributed by atoms with Gasteiger partial charge in [-0.25, -0.2) is 0 Å². The quantitative estimate of drug-likeness (QED) is 0.261. The molecular weight excluding hydrogens is 574 g/mol. The first kappa shape index (κ1) is 32.2. The van der Waals surface area contributed by atoms with Crippen molar-refractivity contribution in [2.45, 2.75) is 76.4 Å². The number of aliphatic hydroxyl groups excluding tert-OH is 2. The third-order valence-electron chi connectivity index (χ3n) is 8.44. The van der Waals surface area contributed by atoms with E-state index in [2.05, 4.69) is 25.4 Å². The summed E-state index contributed by atoms with van der Waals surface area (Å²) in [6.07, 6.45) is 1.55. The van der Waals surface area contributed by atoms with E-state index in [0.717, 1.165) is 34.7 Å². The van der Waals surface area contributed by atoms with Gasteiger partial charge in [-0.05, 0) is 50.3 Å². The molecule has 5 rings (SSSR count). The highest BCUT2D eigenvalue weighted by molar-refractivity contribution is 7.09. The number of β-amino-alcohol motifs (C(OH)–C–C–N with tert-alkyl or cyclic N) is 1. The van der Waals surface area contributed by atoms with Gasteiger partial charge in [0.2, 0.25) is 11.8 Å². The van der Waals surface area contributed by atoms with E-state index in [1.807, 2.05) is 87.1 Å². The zero-order valence-electron chi connectivity index (χ0n) is 25.9. The maximum Gasteiger partial charge on any atom is 0.239 e. The van der Waals surface area contributed by atoms with Crippen molar-refractivity contribution in [2.75, 3.05) is 26.2 Å². The number of carbonyl (C=O) groups excluding carboxylic acids is 2. The fraction of sp³-hybridized carbons (Fsp3) is 0.500. The second-order valence-corrected chi connectivity index (χ2v) is 14.2. The molecule has 1 aliphatic heterocycles. The number of nitrogens with zero attached hydrogens (tertiary/aromatic N) is 3. The van der Waals surface area contributed by atoms with Gasteiger partial charge < -0.3 is 20.8 Å². The molecule has 0 bridgehead atoms. The lowest BCUT2D eigenvalue weighted by Crippen LogP contribution is -2.61. The van der Waals surface area contributed by atoms with Crippen LogP contribution in [0.4, 0.5) is 0 Å². The summed E-state index contributed by atoms with van der Waals surface area (Å²) in [5.41, 5.74) is 4.42. The van der Waals surface area contributed by atoms with E-state index in [1.54, 1.807) is 11.3 Å². The smallest absolute Gasteiger partial charge is 0.239 e. The van der Waals surface area contributed by atoms with Crippen molar-refractivity contribution in [3.8, 4) is 0 Å². The molecule has 1 saturated heterocycles. The Balaban J connectivity index is 1.28. The van der Waals surface area contributed by atoms with Gasteiger partial charge in [0, 0.05) is 61.7 Å². The maximum absolute atomic E-state index is 13.8. The van der Waals surface area contributed by atoms with Crippen LogP contribution in [0.3, 0.4) is 0 Å². The zero-order chi connectivity index (χ0) is 31.3. The molecule has 236 valence electrons. The van der Waals surface area contributed by atoms with Crippen LogP contribution in [0.25, 0.3) is 0 Å². The summed E-state index contributed by atoms with van der Waals surface area (Å²) in [5, 5.41) is 28.5. The van der Waals surface area contributed by atoms with Crippen LogP contribution in [0.1, 0.15) is 54.8 Å². The summed E-state index contributed by atoms with van der Waals surface area (Å²) in [6, 6.07) is 16.7. The number of fused-ring (bicyclic) bond motifs is 1. The lowest BCUT2D eigenvalue weighted by Gasteiger charge is -2.42. The summed E-state index contributed by atoms with van der Waals surface area (Å²) in [5.74, 6) is -0.766. The highest BCUT2D eigenvalue weighted by Crippen LogP contribution is 2.32. The SMILES string of the molecule is CC(C)(C)NC(=O)[C@@H]1CN(Cc2cncs2)CCN1C[C@@H](O)C[C@@H](Cc1ccccc1)C(=O)N[C@H]1c2ccccc2C[C@H]1O. The molecule has 2 heterocycles. The molecule has 9 nitrogen and oxygen atoms in total. The van der Waals surface area contributed by atoms with Gasteiger partial charge in [-0.3, -0.25) is 24.4 Å². The Hall–Kier alpha value is -3.15. The van der Waals surface area contributed by atoms with Crippen LogP contribution in [0.15, 0.2) is 66.3 Å². The Morgan fingerprint density at radius 3 is 2.57 bits per heavy atom. The van der Waals surface area contributed by atoms with Gasteiger partial charge >= 0.3 is 0 Å². The molecule has 0 unspecified atom stereocenters. The number of benzene rings is 2. The molecule has 4 N–H and O–H groups in total. The molecule has 5 atom stereocenters. The summed E-state index contributed by atoms with van der Waals surface area (Å²) in [4.78, 5) is 36.9. The van der Waals surface area contributed by atoms with Crippen LogP contribution in [0, 0.1) is 5.92 Å². The number of hydrogen-bond acceptors (Lipinski definition) is 8. The number of aromatic nitrogens is 1. The molecule has 10 heteroatoms. The number of hydrogen-bond donors (Lipinski definition) is 4. The van der Waals surface area contributed by atoms with Gasteiger partial charge in [-0.2, -0.15) is 0 Å². The summed E-state index contributed by atoms with van der Waals surface area (Å²) >= 11 is 1.60. The number of aliphatic hydroxyl groups is 2. The topological polar surface area (TPSA) is 118 Å². The zero-order valence-corrected chi connectivity index (χ0v) is 26.7. The minimum Gasteiger partial charge on any atom is -0.392 e. The third kappa shape index (κ3) is 8.51. The molecule has 0 saturated carbocycles. The first-order valence-electron chi connectivity index (χ1n) is 15.5. The van der Waals surface area contributed by atoms with Gasteiger partial charge in [0.05, 0.1) is 23.8 Å². The van der Waals surface area contributed by atoms with Crippen LogP contribution >= 0.6 is 11.3 Å². The number of thiazole rings is 1. The Labute approximate surface area is 264 Å². The normalized spacial score (nSPS) is 22.2. The Morgan fingerprint density at radius 2 is 1.84 bits per heavy atom. The molecule has 0 spiro atoms. The van der Waals surface area contributed by atoms with E-state index in [1.165, 1.54) is 0 Å². The molecule has 3 aromatic rings. The van der Waals surface area contributed by atoms with Crippen LogP contribution in [-0.4, -0.2) is 86.8 Å². The van der Waals surface area contributed by atoms with Crippen LogP contribution < -0.4 is 10.6 Å². The second-order valence-electron chi connectivity index (χ2n) is 13.2. The predicted molar refractivity (Wildman–Crippen MR) is 172 cm³/mol. The molecule has 2 aromatic carbocycles. The van der Waals surface area contributed by atoms with E-state index in [9.17, 15) is 19.8 Å². The van der Waals surface area contributed by atoms with Crippen molar-refractivity contribution in [2.24, 2.45) is 5.92 Å². The molecule has 2 amide bonds. The van der Waals surface area contributed by atoms with E-state index in [4.69, 9.17) is 0 Å². The fourth-order valence-electron chi connectivity index (χ4n) is 6.36. The summed E-state index contributed by atoms with van der Waals surface area (Å²) < 4.78 is 0. The Kier molecular flexibility index (Phi) is 10.5. The average molecular weight is 620 g/mol. The highest BCUT2D eigenvalue weighted by atomic mass is 32.1. The Bertz CT molecular complexity index is 1380. The second kappa shape index (κ2) is 14.3. The minimum atomic E-state index is -0.826. The van der Waals surface area contributed by atoms with E-state index >= 15 is 0 Å². The first-order valence-corrected chi connectivity index (χ1v) is 16.4. The van der Waals surface area contributed by atoms with Crippen molar-refractivity contribution in [1.82, 2.24) is 25.4 Å². The van der Waals surface area contributed by atoms with E-state index in [-0.39, 0.29) is 30.3 Å². The number of rotatable bonds is 11. The van der Waals surface area contributed by atoms with Crippen molar-refractivity contribution < 1.29 is 19.8 Å². The van der Waals surface area contributed by atoms with Gasteiger partial charge in [-0.15, -0.1) is 11.3 Å². The third-order valence-corrected chi connectivity index (χ3v) is 9.20. The fourth-order valence-corrected chi connectivity index (χ4v) is 6.99. The standard InChI is InChI=1S/C34H45N5O4S/c1-34(2,3)37-33(43)29-21-38(20-27-18-35-22-44-27)13-14-39(29)19-26(40)16-25(15-23-9-5-4-6-10-23)32(42)36-31-28-12-8-7-11-24(28)17-30(31)41/h4-12,18,22,25-26,29-31,40-41H,13-17,19-21H2,1-3H3,(H,36,42)(H,37,43)/t25-,26+,29+,30-,31+/m1/s1. The van der Waals surface area contributed by atoms with Crippen LogP contribution in [0.5, 0.6) is 0 Å². The van der Waals surface area contributed by atoms with Gasteiger partial charge in [0.25, 0.3) is 0 Å². The molecule has 2 aliphatic rings. The molecule has 1 aliphatic carbocycles. The molecule has 0 radical (unpaired) electrons. The minimum absolute atomic E-state index is 0.0637. The van der Waals surface area contributed by atoms with Gasteiger partial charge in [0.15, 0.2) is 0 Å². The van der Waals surface area contributed by atoms with E-state index < -0.39 is 30.2 Å². The number of carbonyl (C=O) groups is 2. The number of nitrogens with one attached hydrogen (secondary N) is 2. The van der Waals surface area contributed by atoms with Gasteiger partial charge in [0.1, 0.15) is 6.04 Å². The highest BCUT2D eigenvalue weighted by Gasteiger charge is 2.37. The lowest BCUT2D eigenvalue weighted by molar-refractivity contribution is -0.132. The van der Waals surface area contributed by atoms with Crippen LogP contribution in [0.2, 0.25) is 0 Å². The number of piperazine rings is 1. The maximum atomic E-state index is 13.8. The van der Waals surface area contributed by atoms with Crippen molar-refractivity contribution in [1.29, 1.82) is 0 Å². The molecule has 1 fully saturated rings. The lowest BCUT2D eigenvalue weighted by atomic mass is 9.91. The predicted octanol–water partition coefficient (Wildman–Crippen LogP) is 2.93. The van der Waals surface area contributed by atoms with Crippen molar-refractivity contribution >= 4 is 23.2 Å². The molecule has 44 heavy (non-hydrogen) atoms.